The van der Waals surface area contributed by atoms with Crippen LogP contribution in [0.2, 0.25) is 0 Å². The zero-order valence-corrected chi connectivity index (χ0v) is 29.1. The van der Waals surface area contributed by atoms with Gasteiger partial charge >= 0.3 is 12.4 Å². The third-order valence-electron chi connectivity index (χ3n) is 10.6. The van der Waals surface area contributed by atoms with Crippen molar-refractivity contribution in [2.75, 3.05) is 36.0 Å². The van der Waals surface area contributed by atoms with Gasteiger partial charge in [0.25, 0.3) is 11.8 Å². The summed E-state index contributed by atoms with van der Waals surface area (Å²) in [6.45, 7) is 3.65. The number of hydrogen-bond donors (Lipinski definition) is 4. The Labute approximate surface area is 299 Å². The van der Waals surface area contributed by atoms with Gasteiger partial charge in [-0.25, -0.2) is 9.97 Å². The van der Waals surface area contributed by atoms with Crippen LogP contribution in [0.25, 0.3) is 0 Å². The first-order valence-electron chi connectivity index (χ1n) is 18.2. The first-order chi connectivity index (χ1) is 24.6. The number of aromatic nitrogens is 2. The Morgan fingerprint density at radius 2 is 0.923 bits per heavy atom. The number of carbonyl (C=O) groups excluding carboxylic acids is 2. The Bertz CT molecular complexity index is 1390. The minimum absolute atomic E-state index is 0.0908. The predicted molar refractivity (Wildman–Crippen MR) is 182 cm³/mol. The standard InChI is InChI=1S/2C18H24F3N3O2/c2*19-18(20,21)17(26)9-7-13(8-10-17)22-16(25)14-5-4-6-15(23-14)24-11-2-1-3-12-24/h2*4-6,13,26H,1-3,7-12H2,(H,22,25). The van der Waals surface area contributed by atoms with Crippen molar-refractivity contribution in [2.45, 2.75) is 126 Å². The molecule has 0 aromatic carbocycles. The van der Waals surface area contributed by atoms with E-state index in [1.54, 1.807) is 24.3 Å². The molecule has 2 saturated carbocycles. The van der Waals surface area contributed by atoms with Crippen LogP contribution < -0.4 is 20.4 Å². The largest absolute Gasteiger partial charge is 0.417 e. The van der Waals surface area contributed by atoms with Gasteiger partial charge < -0.3 is 30.6 Å². The monoisotopic (exact) mass is 742 g/mol. The van der Waals surface area contributed by atoms with Crippen LogP contribution in [0.15, 0.2) is 36.4 Å². The quantitative estimate of drug-likeness (QED) is 0.263. The number of alkyl halides is 6. The molecule has 2 aromatic rings. The molecule has 4 aliphatic rings. The number of hydrogen-bond acceptors (Lipinski definition) is 8. The third kappa shape index (κ3) is 9.85. The second kappa shape index (κ2) is 16.6. The summed E-state index contributed by atoms with van der Waals surface area (Å²) in [5.41, 5.74) is -4.74. The van der Waals surface area contributed by atoms with E-state index in [9.17, 15) is 46.1 Å². The Hall–Kier alpha value is -3.66. The molecule has 16 heteroatoms. The van der Waals surface area contributed by atoms with E-state index in [4.69, 9.17) is 0 Å². The highest BCUT2D eigenvalue weighted by molar-refractivity contribution is 5.93. The molecule has 2 aliphatic carbocycles. The molecule has 2 amide bonds. The first kappa shape index (κ1) is 39.5. The van der Waals surface area contributed by atoms with Crippen molar-refractivity contribution in [1.82, 2.24) is 20.6 Å². The maximum absolute atomic E-state index is 12.8. The molecule has 4 N–H and O–H groups in total. The molecule has 4 heterocycles. The van der Waals surface area contributed by atoms with Crippen LogP contribution in [-0.2, 0) is 0 Å². The van der Waals surface area contributed by atoms with Gasteiger partial charge in [0.15, 0.2) is 11.2 Å². The van der Waals surface area contributed by atoms with Gasteiger partial charge in [0.1, 0.15) is 23.0 Å². The van der Waals surface area contributed by atoms with E-state index in [0.29, 0.717) is 0 Å². The zero-order chi connectivity index (χ0) is 37.6. The number of aliphatic hydroxyl groups is 2. The van der Waals surface area contributed by atoms with E-state index in [2.05, 4.69) is 30.4 Å². The Kier molecular flexibility index (Phi) is 12.6. The minimum Gasteiger partial charge on any atom is -0.380 e. The van der Waals surface area contributed by atoms with Crippen LogP contribution in [0, 0.1) is 0 Å². The van der Waals surface area contributed by atoms with E-state index in [1.165, 1.54) is 12.8 Å². The molecule has 0 unspecified atom stereocenters. The van der Waals surface area contributed by atoms with Gasteiger partial charge in [0.05, 0.1) is 0 Å². The van der Waals surface area contributed by atoms with Crippen molar-refractivity contribution in [1.29, 1.82) is 0 Å². The predicted octanol–water partition coefficient (Wildman–Crippen LogP) is 6.08. The van der Waals surface area contributed by atoms with Gasteiger partial charge in [-0.1, -0.05) is 12.1 Å². The van der Waals surface area contributed by atoms with Crippen LogP contribution in [0.4, 0.5) is 38.0 Å². The van der Waals surface area contributed by atoms with Gasteiger partial charge in [0.2, 0.25) is 0 Å². The lowest BCUT2D eigenvalue weighted by molar-refractivity contribution is -0.270. The topological polar surface area (TPSA) is 131 Å². The Balaban J connectivity index is 0.000000201. The summed E-state index contributed by atoms with van der Waals surface area (Å²) in [4.78, 5) is 38.0. The van der Waals surface area contributed by atoms with E-state index in [1.807, 2.05) is 12.1 Å². The normalized spacial score (nSPS) is 27.2. The average molecular weight is 743 g/mol. The number of nitrogens with zero attached hydrogens (tertiary/aromatic N) is 4. The Morgan fingerprint density at radius 3 is 1.23 bits per heavy atom. The molecule has 52 heavy (non-hydrogen) atoms. The second-order valence-corrected chi connectivity index (χ2v) is 14.4. The summed E-state index contributed by atoms with van der Waals surface area (Å²) in [5, 5.41) is 24.9. The number of nitrogens with one attached hydrogen (secondary N) is 2. The minimum atomic E-state index is -4.63. The summed E-state index contributed by atoms with van der Waals surface area (Å²) in [5.74, 6) is 0.748. The number of halogens is 6. The van der Waals surface area contributed by atoms with E-state index < -0.39 is 49.2 Å². The summed E-state index contributed by atoms with van der Waals surface area (Å²) < 4.78 is 77.1. The molecular weight excluding hydrogens is 694 g/mol. The lowest BCUT2D eigenvalue weighted by Gasteiger charge is -2.37. The fraction of sp³-hybridized carbons (Fsp3) is 0.667. The maximum Gasteiger partial charge on any atom is 0.417 e. The summed E-state index contributed by atoms with van der Waals surface area (Å²) >= 11 is 0. The molecule has 10 nitrogen and oxygen atoms in total. The van der Waals surface area contributed by atoms with Crippen LogP contribution >= 0.6 is 0 Å². The number of carbonyl (C=O) groups is 2. The van der Waals surface area contributed by atoms with Crippen molar-refractivity contribution >= 4 is 23.5 Å². The fourth-order valence-electron chi connectivity index (χ4n) is 7.26. The van der Waals surface area contributed by atoms with Gasteiger partial charge in [0, 0.05) is 38.3 Å². The highest BCUT2D eigenvalue weighted by Gasteiger charge is 2.55. The highest BCUT2D eigenvalue weighted by atomic mass is 19.4. The summed E-state index contributed by atoms with van der Waals surface area (Å²) in [7, 11) is 0. The third-order valence-corrected chi connectivity index (χ3v) is 10.6. The first-order valence-corrected chi connectivity index (χ1v) is 18.2. The highest BCUT2D eigenvalue weighted by Crippen LogP contribution is 2.42. The SMILES string of the molecule is O=C(NC1CCC(O)(C(F)(F)F)CC1)c1cccc(N2CCCCC2)n1.O=C(NC1CCC(O)(C(F)(F)F)CC1)c1cccc(N2CCCCC2)n1. The van der Waals surface area contributed by atoms with Gasteiger partial charge in [-0.2, -0.15) is 26.3 Å². The number of amides is 2. The van der Waals surface area contributed by atoms with Crippen LogP contribution in [0.1, 0.15) is 111 Å². The number of piperidine rings is 2. The molecule has 2 aromatic heterocycles. The van der Waals surface area contributed by atoms with Crippen molar-refractivity contribution < 1.29 is 46.1 Å². The molecule has 288 valence electrons. The Morgan fingerprint density at radius 1 is 0.596 bits per heavy atom. The molecule has 2 saturated heterocycles. The van der Waals surface area contributed by atoms with E-state index in [0.717, 1.165) is 63.5 Å². The van der Waals surface area contributed by atoms with Crippen LogP contribution in [0.5, 0.6) is 0 Å². The van der Waals surface area contributed by atoms with Gasteiger partial charge in [-0.15, -0.1) is 0 Å². The lowest BCUT2D eigenvalue weighted by Crippen LogP contribution is -2.51. The van der Waals surface area contributed by atoms with Gasteiger partial charge in [-0.05, 0) is 114 Å². The van der Waals surface area contributed by atoms with Crippen LogP contribution in [-0.4, -0.2) is 93.8 Å². The molecule has 0 radical (unpaired) electrons. The lowest BCUT2D eigenvalue weighted by atomic mass is 9.81. The number of anilines is 2. The van der Waals surface area contributed by atoms with E-state index in [-0.39, 0.29) is 61.0 Å². The number of rotatable bonds is 6. The zero-order valence-electron chi connectivity index (χ0n) is 29.1. The smallest absolute Gasteiger partial charge is 0.380 e. The molecule has 4 fully saturated rings. The van der Waals surface area contributed by atoms with E-state index >= 15 is 0 Å². The van der Waals surface area contributed by atoms with Crippen molar-refractivity contribution in [2.24, 2.45) is 0 Å². The summed E-state index contributed by atoms with van der Waals surface area (Å²) in [6, 6.07) is 9.73. The molecular formula is C36H48F6N6O4. The number of pyridine rings is 2. The molecule has 2 aliphatic heterocycles. The van der Waals surface area contributed by atoms with Crippen molar-refractivity contribution in [3.05, 3.63) is 47.8 Å². The molecule has 6 rings (SSSR count). The van der Waals surface area contributed by atoms with Crippen molar-refractivity contribution in [3.63, 3.8) is 0 Å². The summed E-state index contributed by atoms with van der Waals surface area (Å²) in [6.07, 6.45) is -3.71. The van der Waals surface area contributed by atoms with Crippen LogP contribution in [0.3, 0.4) is 0 Å². The molecule has 0 bridgehead atoms. The second-order valence-electron chi connectivity index (χ2n) is 14.4. The maximum atomic E-state index is 12.8. The fourth-order valence-corrected chi connectivity index (χ4v) is 7.26. The molecule has 0 atom stereocenters. The molecule has 0 spiro atoms. The average Bonchev–Trinajstić information content (AvgIpc) is 3.14. The van der Waals surface area contributed by atoms with Crippen molar-refractivity contribution in [3.8, 4) is 0 Å². The van der Waals surface area contributed by atoms with Gasteiger partial charge in [-0.3, -0.25) is 9.59 Å².